The number of aromatic nitrogens is 2. The molecule has 1 amide bonds. The van der Waals surface area contributed by atoms with Crippen LogP contribution in [-0.2, 0) is 11.3 Å². The minimum atomic E-state index is -0.631. The number of nitrogens with zero attached hydrogens (tertiary/aromatic N) is 3. The molecule has 0 fully saturated rings. The van der Waals surface area contributed by atoms with E-state index < -0.39 is 16.6 Å². The summed E-state index contributed by atoms with van der Waals surface area (Å²) in [6, 6.07) is 6.72. The smallest absolute Gasteiger partial charge is 0.358 e. The first kappa shape index (κ1) is 13.7. The number of nitrogens with one attached hydrogen (secondary N) is 1. The van der Waals surface area contributed by atoms with E-state index in [2.05, 4.69) is 10.4 Å². The third-order valence-corrected chi connectivity index (χ3v) is 2.56. The van der Waals surface area contributed by atoms with E-state index in [1.54, 1.807) is 13.0 Å². The van der Waals surface area contributed by atoms with Gasteiger partial charge in [-0.15, -0.1) is 0 Å². The number of carbonyl (C=O) groups is 1. The molecule has 0 aliphatic rings. The number of rotatable bonds is 4. The summed E-state index contributed by atoms with van der Waals surface area (Å²) >= 11 is 0. The van der Waals surface area contributed by atoms with Crippen LogP contribution >= 0.6 is 0 Å². The van der Waals surface area contributed by atoms with Gasteiger partial charge in [0, 0.05) is 5.69 Å². The Balaban J connectivity index is 2.06. The van der Waals surface area contributed by atoms with Gasteiger partial charge < -0.3 is 15.4 Å². The molecule has 2 aromatic rings. The number of hydrogen-bond donors (Lipinski definition) is 1. The van der Waals surface area contributed by atoms with Crippen molar-refractivity contribution in [2.24, 2.45) is 0 Å². The number of amides is 1. The number of hydrogen-bond acceptors (Lipinski definition) is 4. The van der Waals surface area contributed by atoms with Crippen LogP contribution in [0, 0.1) is 22.9 Å². The van der Waals surface area contributed by atoms with Crippen molar-refractivity contribution in [1.29, 1.82) is 0 Å². The highest BCUT2D eigenvalue weighted by Crippen LogP contribution is 2.12. The standard InChI is InChI=1S/C12H11FN4O3/c1-8-5-11(17(19)20)15-16(8)7-12(18)14-10-4-2-3-9(13)6-10/h2-6H,7H2,1H3,(H,14,18). The number of halogens is 1. The molecule has 20 heavy (non-hydrogen) atoms. The third kappa shape index (κ3) is 3.16. The van der Waals surface area contributed by atoms with Gasteiger partial charge in [-0.1, -0.05) is 6.07 Å². The summed E-state index contributed by atoms with van der Waals surface area (Å²) in [6.07, 6.45) is 0. The van der Waals surface area contributed by atoms with E-state index in [9.17, 15) is 19.3 Å². The van der Waals surface area contributed by atoms with Crippen molar-refractivity contribution in [2.45, 2.75) is 13.5 Å². The molecule has 0 aliphatic carbocycles. The fourth-order valence-corrected chi connectivity index (χ4v) is 1.64. The zero-order valence-electron chi connectivity index (χ0n) is 10.5. The molecule has 104 valence electrons. The first-order valence-corrected chi connectivity index (χ1v) is 5.70. The molecule has 0 unspecified atom stereocenters. The van der Waals surface area contributed by atoms with Crippen LogP contribution in [0.1, 0.15) is 5.69 Å². The summed E-state index contributed by atoms with van der Waals surface area (Å²) in [6.45, 7) is 1.42. The zero-order valence-corrected chi connectivity index (χ0v) is 10.5. The average Bonchev–Trinajstić information content (AvgIpc) is 2.71. The highest BCUT2D eigenvalue weighted by molar-refractivity contribution is 5.90. The van der Waals surface area contributed by atoms with E-state index in [0.29, 0.717) is 11.4 Å². The first-order chi connectivity index (χ1) is 9.45. The molecule has 0 atom stereocenters. The molecule has 1 N–H and O–H groups in total. The van der Waals surface area contributed by atoms with Gasteiger partial charge in [0.1, 0.15) is 12.4 Å². The number of aryl methyl sites for hydroxylation is 1. The number of carbonyl (C=O) groups excluding carboxylic acids is 1. The van der Waals surface area contributed by atoms with Crippen LogP contribution in [0.25, 0.3) is 0 Å². The molecule has 1 heterocycles. The second kappa shape index (κ2) is 5.47. The van der Waals surface area contributed by atoms with Crippen molar-refractivity contribution in [1.82, 2.24) is 9.78 Å². The molecular weight excluding hydrogens is 267 g/mol. The highest BCUT2D eigenvalue weighted by Gasteiger charge is 2.17. The second-order valence-electron chi connectivity index (χ2n) is 4.12. The summed E-state index contributed by atoms with van der Waals surface area (Å²) in [7, 11) is 0. The van der Waals surface area contributed by atoms with Crippen molar-refractivity contribution >= 4 is 17.4 Å². The Bertz CT molecular complexity index is 668. The Morgan fingerprint density at radius 1 is 1.50 bits per heavy atom. The largest absolute Gasteiger partial charge is 0.390 e. The summed E-state index contributed by atoms with van der Waals surface area (Å²) in [5, 5.41) is 16.7. The van der Waals surface area contributed by atoms with Gasteiger partial charge in [0.05, 0.1) is 16.9 Å². The fourth-order valence-electron chi connectivity index (χ4n) is 1.64. The van der Waals surface area contributed by atoms with Crippen LogP contribution in [0.15, 0.2) is 30.3 Å². The van der Waals surface area contributed by atoms with Crippen molar-refractivity contribution in [3.8, 4) is 0 Å². The molecular formula is C12H11FN4O3. The third-order valence-electron chi connectivity index (χ3n) is 2.56. The Hall–Kier alpha value is -2.77. The lowest BCUT2D eigenvalue weighted by Crippen LogP contribution is -2.20. The number of anilines is 1. The van der Waals surface area contributed by atoms with Gasteiger partial charge in [-0.3, -0.25) is 4.79 Å². The lowest BCUT2D eigenvalue weighted by atomic mass is 10.3. The van der Waals surface area contributed by atoms with Crippen LogP contribution < -0.4 is 5.32 Å². The molecule has 1 aromatic carbocycles. The predicted octanol–water partition coefficient (Wildman–Crippen LogP) is 1.88. The molecule has 1 aromatic heterocycles. The van der Waals surface area contributed by atoms with Crippen LogP contribution in [0.3, 0.4) is 0 Å². The number of nitro groups is 1. The van der Waals surface area contributed by atoms with Crippen molar-refractivity contribution in [3.05, 3.63) is 52.0 Å². The van der Waals surface area contributed by atoms with Gasteiger partial charge in [-0.25, -0.2) is 4.39 Å². The van der Waals surface area contributed by atoms with Gasteiger partial charge in [0.2, 0.25) is 5.91 Å². The lowest BCUT2D eigenvalue weighted by Gasteiger charge is -2.04. The van der Waals surface area contributed by atoms with E-state index in [0.717, 1.165) is 0 Å². The van der Waals surface area contributed by atoms with E-state index in [1.165, 1.54) is 28.9 Å². The molecule has 7 nitrogen and oxygen atoms in total. The maximum absolute atomic E-state index is 13.0. The summed E-state index contributed by atoms with van der Waals surface area (Å²) in [5.74, 6) is -1.23. The van der Waals surface area contributed by atoms with Crippen LogP contribution in [0.5, 0.6) is 0 Å². The highest BCUT2D eigenvalue weighted by atomic mass is 19.1. The van der Waals surface area contributed by atoms with Crippen LogP contribution in [0.4, 0.5) is 15.9 Å². The minimum Gasteiger partial charge on any atom is -0.358 e. The molecule has 0 saturated heterocycles. The summed E-state index contributed by atoms with van der Waals surface area (Å²) in [4.78, 5) is 21.7. The molecule has 0 aliphatic heterocycles. The van der Waals surface area contributed by atoms with Crippen LogP contribution in [-0.4, -0.2) is 20.6 Å². The zero-order chi connectivity index (χ0) is 14.7. The van der Waals surface area contributed by atoms with E-state index >= 15 is 0 Å². The summed E-state index contributed by atoms with van der Waals surface area (Å²) < 4.78 is 14.2. The molecule has 0 radical (unpaired) electrons. The quantitative estimate of drug-likeness (QED) is 0.683. The predicted molar refractivity (Wildman–Crippen MR) is 68.6 cm³/mol. The van der Waals surface area contributed by atoms with Crippen molar-refractivity contribution < 1.29 is 14.1 Å². The van der Waals surface area contributed by atoms with E-state index in [-0.39, 0.29) is 12.4 Å². The van der Waals surface area contributed by atoms with Crippen LogP contribution in [0.2, 0.25) is 0 Å². The molecule has 0 spiro atoms. The van der Waals surface area contributed by atoms with Gasteiger partial charge in [-0.2, -0.15) is 4.68 Å². The minimum absolute atomic E-state index is 0.184. The average molecular weight is 278 g/mol. The fraction of sp³-hybridized carbons (Fsp3) is 0.167. The maximum atomic E-state index is 13.0. The van der Waals surface area contributed by atoms with Gasteiger partial charge in [0.25, 0.3) is 0 Å². The molecule has 0 bridgehead atoms. The maximum Gasteiger partial charge on any atom is 0.390 e. The molecule has 2 rings (SSSR count). The topological polar surface area (TPSA) is 90.1 Å². The Kier molecular flexibility index (Phi) is 3.74. The Morgan fingerprint density at radius 3 is 2.85 bits per heavy atom. The first-order valence-electron chi connectivity index (χ1n) is 5.70. The number of benzene rings is 1. The van der Waals surface area contributed by atoms with Crippen molar-refractivity contribution in [3.63, 3.8) is 0 Å². The van der Waals surface area contributed by atoms with Gasteiger partial charge >= 0.3 is 5.82 Å². The van der Waals surface area contributed by atoms with Gasteiger partial charge in [-0.05, 0) is 30.0 Å². The summed E-state index contributed by atoms with van der Waals surface area (Å²) in [5.41, 5.74) is 0.806. The van der Waals surface area contributed by atoms with E-state index in [4.69, 9.17) is 0 Å². The Labute approximate surface area is 113 Å². The van der Waals surface area contributed by atoms with Gasteiger partial charge in [0.15, 0.2) is 0 Å². The monoisotopic (exact) mass is 278 g/mol. The van der Waals surface area contributed by atoms with E-state index in [1.807, 2.05) is 0 Å². The van der Waals surface area contributed by atoms with Crippen molar-refractivity contribution in [2.75, 3.05) is 5.32 Å². The Morgan fingerprint density at radius 2 is 2.25 bits per heavy atom. The molecule has 0 saturated carbocycles. The SMILES string of the molecule is Cc1cc([N+](=O)[O-])nn1CC(=O)Nc1cccc(F)c1. The molecule has 8 heteroatoms. The normalized spacial score (nSPS) is 10.3. The lowest BCUT2D eigenvalue weighted by molar-refractivity contribution is -0.389. The second-order valence-corrected chi connectivity index (χ2v) is 4.12.